The minimum absolute atomic E-state index is 0.0686. The predicted octanol–water partition coefficient (Wildman–Crippen LogP) is 1.38. The highest BCUT2D eigenvalue weighted by molar-refractivity contribution is 5.97. The van der Waals surface area contributed by atoms with Crippen molar-refractivity contribution >= 4 is 11.6 Å². The van der Waals surface area contributed by atoms with Gasteiger partial charge in [-0.2, -0.15) is 0 Å². The van der Waals surface area contributed by atoms with Crippen molar-refractivity contribution in [3.8, 4) is 5.75 Å². The van der Waals surface area contributed by atoms with E-state index in [2.05, 4.69) is 0 Å². The third-order valence-corrected chi connectivity index (χ3v) is 3.24. The summed E-state index contributed by atoms with van der Waals surface area (Å²) < 4.78 is 5.34. The number of carbonyl (C=O) groups excluding carboxylic acids is 1. The van der Waals surface area contributed by atoms with Crippen molar-refractivity contribution in [2.24, 2.45) is 5.73 Å². The first-order valence-corrected chi connectivity index (χ1v) is 5.74. The summed E-state index contributed by atoms with van der Waals surface area (Å²) in [6.45, 7) is 4.62. The number of rotatable bonds is 2. The van der Waals surface area contributed by atoms with E-state index in [-0.39, 0.29) is 11.9 Å². The summed E-state index contributed by atoms with van der Waals surface area (Å²) in [5.41, 5.74) is 8.94. The topological polar surface area (TPSA) is 55.6 Å². The van der Waals surface area contributed by atoms with Gasteiger partial charge in [0.25, 0.3) is 0 Å². The zero-order valence-corrected chi connectivity index (χ0v) is 10.5. The molecular formula is C13H18N2O2. The Hall–Kier alpha value is -1.55. The number of carbonyl (C=O) groups is 1. The van der Waals surface area contributed by atoms with Crippen molar-refractivity contribution in [2.75, 3.05) is 18.6 Å². The number of nitrogens with two attached hydrogens (primary N) is 1. The van der Waals surface area contributed by atoms with Gasteiger partial charge in [-0.15, -0.1) is 0 Å². The molecule has 1 aromatic rings. The van der Waals surface area contributed by atoms with Gasteiger partial charge in [0.05, 0.1) is 12.8 Å². The van der Waals surface area contributed by atoms with Crippen LogP contribution in [0.1, 0.15) is 17.5 Å². The Labute approximate surface area is 101 Å². The van der Waals surface area contributed by atoms with Crippen molar-refractivity contribution in [1.82, 2.24) is 0 Å². The Morgan fingerprint density at radius 2 is 2.00 bits per heavy atom. The van der Waals surface area contributed by atoms with Gasteiger partial charge in [0.1, 0.15) is 5.75 Å². The molecule has 1 amide bonds. The van der Waals surface area contributed by atoms with Gasteiger partial charge in [-0.05, 0) is 37.1 Å². The number of methoxy groups -OCH3 is 1. The average Bonchev–Trinajstić information content (AvgIpc) is 2.61. The second-order valence-corrected chi connectivity index (χ2v) is 4.58. The fourth-order valence-electron chi connectivity index (χ4n) is 2.12. The van der Waals surface area contributed by atoms with Gasteiger partial charge >= 0.3 is 0 Å². The maximum Gasteiger partial charge on any atom is 0.228 e. The lowest BCUT2D eigenvalue weighted by Crippen LogP contribution is -2.28. The molecule has 0 radical (unpaired) electrons. The Bertz CT molecular complexity index is 457. The first kappa shape index (κ1) is 11.9. The van der Waals surface area contributed by atoms with Crippen LogP contribution in [0.3, 0.4) is 0 Å². The zero-order chi connectivity index (χ0) is 12.6. The molecule has 1 aliphatic rings. The summed E-state index contributed by atoms with van der Waals surface area (Å²) in [5.74, 6) is 0.801. The van der Waals surface area contributed by atoms with E-state index < -0.39 is 0 Å². The molecule has 92 valence electrons. The Morgan fingerprint density at radius 3 is 2.53 bits per heavy atom. The van der Waals surface area contributed by atoms with E-state index in [4.69, 9.17) is 10.5 Å². The van der Waals surface area contributed by atoms with E-state index in [1.165, 1.54) is 0 Å². The normalized spacial score (nSPS) is 19.9. The minimum Gasteiger partial charge on any atom is -0.495 e. The molecule has 4 nitrogen and oxygen atoms in total. The SMILES string of the molecule is COc1cc(C)c(C)cc1N1CC(N)CC1=O. The molecule has 0 bridgehead atoms. The Balaban J connectivity index is 2.44. The minimum atomic E-state index is -0.0752. The molecule has 1 fully saturated rings. The van der Waals surface area contributed by atoms with Crippen molar-refractivity contribution < 1.29 is 9.53 Å². The number of ether oxygens (including phenoxy) is 1. The van der Waals surface area contributed by atoms with Crippen molar-refractivity contribution in [1.29, 1.82) is 0 Å². The number of anilines is 1. The first-order valence-electron chi connectivity index (χ1n) is 5.74. The third kappa shape index (κ3) is 2.13. The van der Waals surface area contributed by atoms with Gasteiger partial charge in [0, 0.05) is 19.0 Å². The predicted molar refractivity (Wildman–Crippen MR) is 67.4 cm³/mol. The molecule has 2 N–H and O–H groups in total. The average molecular weight is 234 g/mol. The van der Waals surface area contributed by atoms with Gasteiger partial charge in [0.2, 0.25) is 5.91 Å². The molecule has 4 heteroatoms. The molecule has 2 rings (SSSR count). The molecule has 0 aromatic heterocycles. The van der Waals surface area contributed by atoms with E-state index in [1.54, 1.807) is 12.0 Å². The summed E-state index contributed by atoms with van der Waals surface area (Å²) >= 11 is 0. The number of hydrogen-bond acceptors (Lipinski definition) is 3. The molecular weight excluding hydrogens is 216 g/mol. The maximum atomic E-state index is 11.8. The lowest BCUT2D eigenvalue weighted by Gasteiger charge is -2.20. The summed E-state index contributed by atoms with van der Waals surface area (Å²) in [7, 11) is 1.62. The highest BCUT2D eigenvalue weighted by atomic mass is 16.5. The van der Waals surface area contributed by atoms with Crippen molar-refractivity contribution in [3.63, 3.8) is 0 Å². The van der Waals surface area contributed by atoms with Crippen LogP contribution in [0, 0.1) is 13.8 Å². The van der Waals surface area contributed by atoms with Crippen LogP contribution in [-0.4, -0.2) is 25.6 Å². The van der Waals surface area contributed by atoms with E-state index in [0.717, 1.165) is 22.6 Å². The van der Waals surface area contributed by atoms with Crippen LogP contribution in [0.5, 0.6) is 5.75 Å². The standard InChI is InChI=1S/C13H18N2O2/c1-8-4-11(12(17-3)5-9(8)2)15-7-10(14)6-13(15)16/h4-5,10H,6-7,14H2,1-3H3. The van der Waals surface area contributed by atoms with Crippen LogP contribution in [0.4, 0.5) is 5.69 Å². The van der Waals surface area contributed by atoms with Crippen LogP contribution in [-0.2, 0) is 4.79 Å². The third-order valence-electron chi connectivity index (χ3n) is 3.24. The van der Waals surface area contributed by atoms with Gasteiger partial charge in [-0.3, -0.25) is 4.79 Å². The van der Waals surface area contributed by atoms with Gasteiger partial charge in [0.15, 0.2) is 0 Å². The molecule has 0 saturated carbocycles. The molecule has 1 saturated heterocycles. The number of aryl methyl sites for hydroxylation is 2. The number of hydrogen-bond donors (Lipinski definition) is 1. The van der Waals surface area contributed by atoms with Crippen LogP contribution in [0.15, 0.2) is 12.1 Å². The van der Waals surface area contributed by atoms with Crippen molar-refractivity contribution in [3.05, 3.63) is 23.3 Å². The number of nitrogens with zero attached hydrogens (tertiary/aromatic N) is 1. The molecule has 17 heavy (non-hydrogen) atoms. The van der Waals surface area contributed by atoms with Crippen LogP contribution in [0.25, 0.3) is 0 Å². The molecule has 1 unspecified atom stereocenters. The van der Waals surface area contributed by atoms with Crippen LogP contribution >= 0.6 is 0 Å². The van der Waals surface area contributed by atoms with Gasteiger partial charge in [-0.25, -0.2) is 0 Å². The van der Waals surface area contributed by atoms with Gasteiger partial charge in [-0.1, -0.05) is 0 Å². The van der Waals surface area contributed by atoms with E-state index in [0.29, 0.717) is 13.0 Å². The molecule has 1 atom stereocenters. The monoisotopic (exact) mass is 234 g/mol. The fourth-order valence-corrected chi connectivity index (χ4v) is 2.12. The fraction of sp³-hybridized carbons (Fsp3) is 0.462. The van der Waals surface area contributed by atoms with E-state index in [9.17, 15) is 4.79 Å². The second kappa shape index (κ2) is 4.37. The second-order valence-electron chi connectivity index (χ2n) is 4.58. The summed E-state index contributed by atoms with van der Waals surface area (Å²) in [4.78, 5) is 13.6. The summed E-state index contributed by atoms with van der Waals surface area (Å²) in [5, 5.41) is 0. The highest BCUT2D eigenvalue weighted by Gasteiger charge is 2.30. The van der Waals surface area contributed by atoms with Crippen LogP contribution in [0.2, 0.25) is 0 Å². The zero-order valence-electron chi connectivity index (χ0n) is 10.5. The lowest BCUT2D eigenvalue weighted by molar-refractivity contribution is -0.117. The summed E-state index contributed by atoms with van der Waals surface area (Å²) in [6, 6.07) is 3.88. The Morgan fingerprint density at radius 1 is 1.35 bits per heavy atom. The molecule has 0 spiro atoms. The van der Waals surface area contributed by atoms with Crippen molar-refractivity contribution in [2.45, 2.75) is 26.3 Å². The van der Waals surface area contributed by atoms with E-state index in [1.807, 2.05) is 26.0 Å². The van der Waals surface area contributed by atoms with Crippen LogP contribution < -0.4 is 15.4 Å². The van der Waals surface area contributed by atoms with Gasteiger partial charge < -0.3 is 15.4 Å². The number of amides is 1. The van der Waals surface area contributed by atoms with E-state index >= 15 is 0 Å². The molecule has 0 aliphatic carbocycles. The number of benzene rings is 1. The maximum absolute atomic E-state index is 11.8. The lowest BCUT2D eigenvalue weighted by atomic mass is 10.1. The molecule has 1 heterocycles. The Kier molecular flexibility index (Phi) is 3.07. The first-order chi connectivity index (χ1) is 8.02. The molecule has 1 aliphatic heterocycles. The smallest absolute Gasteiger partial charge is 0.228 e. The summed E-state index contributed by atoms with van der Waals surface area (Å²) in [6.07, 6.45) is 0.413. The highest BCUT2D eigenvalue weighted by Crippen LogP contribution is 2.33. The molecule has 1 aromatic carbocycles. The largest absolute Gasteiger partial charge is 0.495 e. The quantitative estimate of drug-likeness (QED) is 0.841.